The summed E-state index contributed by atoms with van der Waals surface area (Å²) < 4.78 is 16.7. The van der Waals surface area contributed by atoms with Gasteiger partial charge in [0.25, 0.3) is 0 Å². The quantitative estimate of drug-likeness (QED) is 0.421. The fourth-order valence-electron chi connectivity index (χ4n) is 2.47. The Kier molecular flexibility index (Phi) is 7.09. The molecule has 28 heavy (non-hydrogen) atoms. The first kappa shape index (κ1) is 19.5. The lowest BCUT2D eigenvalue weighted by molar-refractivity contribution is 0.298. The molecule has 0 fully saturated rings. The van der Waals surface area contributed by atoms with Crippen molar-refractivity contribution in [3.63, 3.8) is 0 Å². The summed E-state index contributed by atoms with van der Waals surface area (Å²) in [5, 5.41) is 6.78. The highest BCUT2D eigenvalue weighted by atomic mass is 32.1. The molecule has 0 amide bonds. The molecule has 3 aromatic rings. The van der Waals surface area contributed by atoms with Gasteiger partial charge in [0, 0.05) is 5.69 Å². The maximum Gasteiger partial charge on any atom is 0.170 e. The summed E-state index contributed by atoms with van der Waals surface area (Å²) in [7, 11) is 1.62. The van der Waals surface area contributed by atoms with Crippen LogP contribution in [0.1, 0.15) is 0 Å². The topological polar surface area (TPSA) is 51.8 Å². The van der Waals surface area contributed by atoms with E-state index >= 15 is 0 Å². The largest absolute Gasteiger partial charge is 0.493 e. The molecule has 3 aromatic carbocycles. The summed E-state index contributed by atoms with van der Waals surface area (Å²) in [5.74, 6) is 2.98. The van der Waals surface area contributed by atoms with Crippen LogP contribution in [0.5, 0.6) is 23.0 Å². The maximum atomic E-state index is 5.78. The molecule has 0 unspecified atom stereocenters. The van der Waals surface area contributed by atoms with Crippen molar-refractivity contribution in [3.05, 3.63) is 78.9 Å². The third kappa shape index (κ3) is 5.89. The van der Waals surface area contributed by atoms with E-state index in [2.05, 4.69) is 10.6 Å². The van der Waals surface area contributed by atoms with Gasteiger partial charge in [0.05, 0.1) is 13.7 Å². The monoisotopic (exact) mass is 394 g/mol. The third-order valence-corrected chi connectivity index (χ3v) is 4.05. The molecule has 0 aliphatic carbocycles. The van der Waals surface area contributed by atoms with Crippen LogP contribution in [0.3, 0.4) is 0 Å². The van der Waals surface area contributed by atoms with E-state index in [0.29, 0.717) is 29.8 Å². The summed E-state index contributed by atoms with van der Waals surface area (Å²) in [4.78, 5) is 0. The van der Waals surface area contributed by atoms with Gasteiger partial charge in [-0.3, -0.25) is 0 Å². The van der Waals surface area contributed by atoms with Crippen molar-refractivity contribution in [3.8, 4) is 23.0 Å². The Morgan fingerprint density at radius 2 is 1.46 bits per heavy atom. The fraction of sp³-hybridized carbons (Fsp3) is 0.136. The van der Waals surface area contributed by atoms with Crippen LogP contribution in [-0.2, 0) is 0 Å². The highest BCUT2D eigenvalue weighted by Gasteiger charge is 2.03. The Bertz CT molecular complexity index is 886. The van der Waals surface area contributed by atoms with Gasteiger partial charge in [0.2, 0.25) is 0 Å². The molecule has 0 atom stereocenters. The van der Waals surface area contributed by atoms with E-state index in [0.717, 1.165) is 17.2 Å². The van der Waals surface area contributed by atoms with E-state index in [4.69, 9.17) is 26.4 Å². The second-order valence-electron chi connectivity index (χ2n) is 5.82. The number of hydrogen-bond acceptors (Lipinski definition) is 4. The smallest absolute Gasteiger partial charge is 0.170 e. The van der Waals surface area contributed by atoms with Crippen molar-refractivity contribution in [1.29, 1.82) is 0 Å². The Morgan fingerprint density at radius 3 is 2.18 bits per heavy atom. The summed E-state index contributed by atoms with van der Waals surface area (Å²) >= 11 is 5.32. The van der Waals surface area contributed by atoms with E-state index in [1.807, 2.05) is 78.9 Å². The van der Waals surface area contributed by atoms with E-state index in [9.17, 15) is 0 Å². The number of anilines is 1. The molecule has 5 nitrogen and oxygen atoms in total. The third-order valence-electron chi connectivity index (χ3n) is 3.81. The molecule has 0 spiro atoms. The number of para-hydroxylation sites is 3. The summed E-state index contributed by atoms with van der Waals surface area (Å²) in [6.07, 6.45) is 0. The minimum Gasteiger partial charge on any atom is -0.493 e. The number of rotatable bonds is 8. The van der Waals surface area contributed by atoms with Crippen molar-refractivity contribution in [2.24, 2.45) is 0 Å². The van der Waals surface area contributed by atoms with Crippen molar-refractivity contribution in [2.75, 3.05) is 25.6 Å². The van der Waals surface area contributed by atoms with Crippen molar-refractivity contribution >= 4 is 23.0 Å². The Morgan fingerprint density at radius 1 is 0.821 bits per heavy atom. The molecule has 0 bridgehead atoms. The van der Waals surface area contributed by atoms with Gasteiger partial charge in [-0.05, 0) is 60.7 Å². The van der Waals surface area contributed by atoms with Crippen LogP contribution in [-0.4, -0.2) is 25.4 Å². The van der Waals surface area contributed by atoms with E-state index in [-0.39, 0.29) is 0 Å². The van der Waals surface area contributed by atoms with Crippen LogP contribution in [0, 0.1) is 0 Å². The van der Waals surface area contributed by atoms with Crippen LogP contribution < -0.4 is 24.8 Å². The molecule has 0 aliphatic rings. The number of ether oxygens (including phenoxy) is 3. The average molecular weight is 394 g/mol. The van der Waals surface area contributed by atoms with Gasteiger partial charge >= 0.3 is 0 Å². The second-order valence-corrected chi connectivity index (χ2v) is 6.23. The van der Waals surface area contributed by atoms with Crippen LogP contribution in [0.2, 0.25) is 0 Å². The van der Waals surface area contributed by atoms with Crippen LogP contribution in [0.25, 0.3) is 0 Å². The Balaban J connectivity index is 1.41. The van der Waals surface area contributed by atoms with E-state index in [1.54, 1.807) is 7.11 Å². The number of methoxy groups -OCH3 is 1. The summed E-state index contributed by atoms with van der Waals surface area (Å²) in [6.45, 7) is 1.03. The highest BCUT2D eigenvalue weighted by molar-refractivity contribution is 7.80. The van der Waals surface area contributed by atoms with Gasteiger partial charge in [-0.1, -0.05) is 30.3 Å². The molecule has 0 saturated carbocycles. The first-order valence-corrected chi connectivity index (χ1v) is 9.29. The van der Waals surface area contributed by atoms with Crippen molar-refractivity contribution < 1.29 is 14.2 Å². The zero-order valence-electron chi connectivity index (χ0n) is 15.6. The van der Waals surface area contributed by atoms with Gasteiger partial charge < -0.3 is 24.8 Å². The second kappa shape index (κ2) is 10.2. The Hall–Kier alpha value is -3.25. The fourth-order valence-corrected chi connectivity index (χ4v) is 2.69. The molecule has 0 saturated heterocycles. The molecular formula is C22H22N2O3S. The number of thiocarbonyl (C=S) groups is 1. The summed E-state index contributed by atoms with van der Waals surface area (Å²) in [5.41, 5.74) is 0.878. The highest BCUT2D eigenvalue weighted by Crippen LogP contribution is 2.25. The SMILES string of the molecule is COc1ccccc1OCCNC(=S)Nc1ccc(Oc2ccccc2)cc1. The predicted molar refractivity (Wildman–Crippen MR) is 116 cm³/mol. The molecule has 0 aliphatic heterocycles. The van der Waals surface area contributed by atoms with Crippen LogP contribution in [0.4, 0.5) is 5.69 Å². The van der Waals surface area contributed by atoms with Crippen LogP contribution in [0.15, 0.2) is 78.9 Å². The maximum absolute atomic E-state index is 5.78. The minimum absolute atomic E-state index is 0.464. The first-order valence-electron chi connectivity index (χ1n) is 8.88. The van der Waals surface area contributed by atoms with Gasteiger partial charge in [-0.15, -0.1) is 0 Å². The molecule has 144 valence electrons. The average Bonchev–Trinajstić information content (AvgIpc) is 2.74. The molecule has 3 rings (SSSR count). The molecule has 2 N–H and O–H groups in total. The minimum atomic E-state index is 0.464. The lowest BCUT2D eigenvalue weighted by Gasteiger charge is -2.13. The van der Waals surface area contributed by atoms with Gasteiger partial charge in [0.15, 0.2) is 16.6 Å². The molecule has 0 radical (unpaired) electrons. The molecule has 6 heteroatoms. The summed E-state index contributed by atoms with van der Waals surface area (Å²) in [6, 6.07) is 24.8. The lowest BCUT2D eigenvalue weighted by atomic mass is 10.3. The standard InChI is InChI=1S/C22H22N2O3S/c1-25-20-9-5-6-10-21(20)26-16-15-23-22(28)24-17-11-13-19(14-12-17)27-18-7-3-2-4-8-18/h2-14H,15-16H2,1H3,(H2,23,24,28). The Labute approximate surface area is 170 Å². The van der Waals surface area contributed by atoms with Crippen molar-refractivity contribution in [1.82, 2.24) is 5.32 Å². The zero-order valence-corrected chi connectivity index (χ0v) is 16.4. The van der Waals surface area contributed by atoms with Gasteiger partial charge in [0.1, 0.15) is 18.1 Å². The molecule has 0 heterocycles. The number of benzene rings is 3. The van der Waals surface area contributed by atoms with Gasteiger partial charge in [-0.25, -0.2) is 0 Å². The number of nitrogens with one attached hydrogen (secondary N) is 2. The molecular weight excluding hydrogens is 372 g/mol. The molecule has 0 aromatic heterocycles. The zero-order chi connectivity index (χ0) is 19.6. The van der Waals surface area contributed by atoms with E-state index in [1.165, 1.54) is 0 Å². The van der Waals surface area contributed by atoms with E-state index < -0.39 is 0 Å². The number of hydrogen-bond donors (Lipinski definition) is 2. The lowest BCUT2D eigenvalue weighted by Crippen LogP contribution is -2.31. The first-order chi connectivity index (χ1) is 13.7. The van der Waals surface area contributed by atoms with Crippen molar-refractivity contribution in [2.45, 2.75) is 0 Å². The predicted octanol–water partition coefficient (Wildman–Crippen LogP) is 4.85. The van der Waals surface area contributed by atoms with Gasteiger partial charge in [-0.2, -0.15) is 0 Å². The normalized spacial score (nSPS) is 10.0. The van der Waals surface area contributed by atoms with Crippen LogP contribution >= 0.6 is 12.2 Å².